The molecule has 4 nitrogen and oxygen atoms in total. The third-order valence-corrected chi connectivity index (χ3v) is 5.41. The van der Waals surface area contributed by atoms with Crippen LogP contribution in [0.3, 0.4) is 0 Å². The first-order valence-corrected chi connectivity index (χ1v) is 9.49. The van der Waals surface area contributed by atoms with Crippen LogP contribution in [0.1, 0.15) is 60.9 Å². The van der Waals surface area contributed by atoms with Gasteiger partial charge in [-0.2, -0.15) is 0 Å². The highest BCUT2D eigenvalue weighted by Crippen LogP contribution is 2.48. The lowest BCUT2D eigenvalue weighted by Gasteiger charge is -2.51. The van der Waals surface area contributed by atoms with Crippen LogP contribution in [-0.2, 0) is 0 Å². The van der Waals surface area contributed by atoms with Gasteiger partial charge < -0.3 is 15.0 Å². The van der Waals surface area contributed by atoms with Crippen molar-refractivity contribution < 1.29 is 9.53 Å². The first-order valence-electron chi connectivity index (χ1n) is 9.49. The quantitative estimate of drug-likeness (QED) is 0.850. The molecule has 2 aromatic rings. The average Bonchev–Trinajstić information content (AvgIpc) is 2.61. The average molecular weight is 362 g/mol. The number of ether oxygens (including phenoxy) is 1. The number of allylic oxidation sites excluding steroid dienone is 1. The molecule has 0 saturated heterocycles. The molecule has 1 amide bonds. The lowest BCUT2D eigenvalue weighted by molar-refractivity contribution is 0.0921. The van der Waals surface area contributed by atoms with E-state index in [-0.39, 0.29) is 17.6 Å². The normalized spacial score (nSPS) is 19.9. The summed E-state index contributed by atoms with van der Waals surface area (Å²) in [6.07, 6.45) is 2.06. The van der Waals surface area contributed by atoms with Crippen molar-refractivity contribution in [2.75, 3.05) is 11.5 Å². The molecule has 1 N–H and O–H groups in total. The van der Waals surface area contributed by atoms with Gasteiger partial charge in [-0.3, -0.25) is 4.79 Å². The van der Waals surface area contributed by atoms with Crippen molar-refractivity contribution in [3.05, 3.63) is 64.7 Å². The van der Waals surface area contributed by atoms with Crippen molar-refractivity contribution in [2.45, 2.75) is 46.3 Å². The van der Waals surface area contributed by atoms with Crippen LogP contribution < -0.4 is 15.0 Å². The SMILES string of the molecule is CCOc1cc2c3c(c1)C(C)=CC(C)(C)N3C(c1ccc(C)cc1)NC2=O. The zero-order valence-electron chi connectivity index (χ0n) is 16.6. The van der Waals surface area contributed by atoms with Crippen molar-refractivity contribution in [2.24, 2.45) is 0 Å². The van der Waals surface area contributed by atoms with E-state index in [0.29, 0.717) is 12.2 Å². The second kappa shape index (κ2) is 6.15. The summed E-state index contributed by atoms with van der Waals surface area (Å²) >= 11 is 0. The van der Waals surface area contributed by atoms with Gasteiger partial charge in [0.15, 0.2) is 0 Å². The Hall–Kier alpha value is -2.75. The molecule has 1 unspecified atom stereocenters. The van der Waals surface area contributed by atoms with E-state index in [1.807, 2.05) is 13.0 Å². The van der Waals surface area contributed by atoms with Crippen molar-refractivity contribution in [3.63, 3.8) is 0 Å². The number of anilines is 1. The lowest BCUT2D eigenvalue weighted by atomic mass is 9.84. The van der Waals surface area contributed by atoms with Gasteiger partial charge in [-0.25, -0.2) is 0 Å². The Labute approximate surface area is 160 Å². The fourth-order valence-electron chi connectivity index (χ4n) is 4.27. The molecule has 140 valence electrons. The summed E-state index contributed by atoms with van der Waals surface area (Å²) in [4.78, 5) is 15.4. The van der Waals surface area contributed by atoms with Crippen molar-refractivity contribution in [1.29, 1.82) is 0 Å². The number of rotatable bonds is 3. The fraction of sp³-hybridized carbons (Fsp3) is 0.348. The third kappa shape index (κ3) is 2.80. The van der Waals surface area contributed by atoms with E-state index in [0.717, 1.165) is 22.6 Å². The number of nitrogens with zero attached hydrogens (tertiary/aromatic N) is 1. The summed E-state index contributed by atoms with van der Waals surface area (Å²) in [6, 6.07) is 12.3. The molecule has 0 fully saturated rings. The first kappa shape index (κ1) is 17.7. The van der Waals surface area contributed by atoms with Crippen LogP contribution in [0.15, 0.2) is 42.5 Å². The van der Waals surface area contributed by atoms with Gasteiger partial charge in [0.1, 0.15) is 11.9 Å². The van der Waals surface area contributed by atoms with Gasteiger partial charge in [-0.1, -0.05) is 35.9 Å². The largest absolute Gasteiger partial charge is 0.494 e. The molecule has 0 aromatic heterocycles. The summed E-state index contributed by atoms with van der Waals surface area (Å²) in [6.45, 7) is 11.1. The maximum absolute atomic E-state index is 13.0. The lowest BCUT2D eigenvalue weighted by Crippen LogP contribution is -2.56. The van der Waals surface area contributed by atoms with Gasteiger partial charge >= 0.3 is 0 Å². The van der Waals surface area contributed by atoms with Crippen LogP contribution in [0.2, 0.25) is 0 Å². The van der Waals surface area contributed by atoms with Crippen LogP contribution in [0.25, 0.3) is 5.57 Å². The molecule has 4 rings (SSSR count). The minimum absolute atomic E-state index is 0.0554. The fourth-order valence-corrected chi connectivity index (χ4v) is 4.27. The van der Waals surface area contributed by atoms with Crippen molar-refractivity contribution >= 4 is 17.2 Å². The predicted molar refractivity (Wildman–Crippen MR) is 109 cm³/mol. The molecule has 1 atom stereocenters. The van der Waals surface area contributed by atoms with Crippen LogP contribution in [0.5, 0.6) is 5.75 Å². The van der Waals surface area contributed by atoms with Gasteiger partial charge in [0.05, 0.1) is 23.4 Å². The summed E-state index contributed by atoms with van der Waals surface area (Å²) in [7, 11) is 0. The third-order valence-electron chi connectivity index (χ3n) is 5.41. The predicted octanol–water partition coefficient (Wildman–Crippen LogP) is 4.84. The summed E-state index contributed by atoms with van der Waals surface area (Å²) < 4.78 is 5.72. The maximum atomic E-state index is 13.0. The number of benzene rings is 2. The minimum Gasteiger partial charge on any atom is -0.494 e. The molecule has 4 heteroatoms. The van der Waals surface area contributed by atoms with E-state index in [2.05, 4.69) is 74.3 Å². The summed E-state index contributed by atoms with van der Waals surface area (Å²) in [5, 5.41) is 3.21. The number of nitrogens with one attached hydrogen (secondary N) is 1. The maximum Gasteiger partial charge on any atom is 0.255 e. The number of carbonyl (C=O) groups is 1. The van der Waals surface area contributed by atoms with E-state index < -0.39 is 0 Å². The van der Waals surface area contributed by atoms with Crippen molar-refractivity contribution in [1.82, 2.24) is 5.32 Å². The Balaban J connectivity index is 1.94. The highest BCUT2D eigenvalue weighted by Gasteiger charge is 2.43. The Morgan fingerprint density at radius 1 is 1.11 bits per heavy atom. The number of amides is 1. The Kier molecular flexibility index (Phi) is 4.02. The van der Waals surface area contributed by atoms with Gasteiger partial charge in [0.25, 0.3) is 5.91 Å². The van der Waals surface area contributed by atoms with Crippen LogP contribution in [-0.4, -0.2) is 18.1 Å². The Morgan fingerprint density at radius 3 is 2.44 bits per heavy atom. The van der Waals surface area contributed by atoms with Crippen LogP contribution in [0.4, 0.5) is 5.69 Å². The minimum atomic E-state index is -0.234. The molecule has 0 radical (unpaired) electrons. The molecule has 2 heterocycles. The van der Waals surface area contributed by atoms with E-state index in [9.17, 15) is 4.79 Å². The second-order valence-electron chi connectivity index (χ2n) is 7.94. The second-order valence-corrected chi connectivity index (χ2v) is 7.94. The highest BCUT2D eigenvalue weighted by molar-refractivity contribution is 6.06. The van der Waals surface area contributed by atoms with Gasteiger partial charge in [0.2, 0.25) is 0 Å². The van der Waals surface area contributed by atoms with Gasteiger partial charge in [-0.05, 0) is 57.9 Å². The number of hydrogen-bond donors (Lipinski definition) is 1. The number of hydrogen-bond acceptors (Lipinski definition) is 3. The number of carbonyl (C=O) groups excluding carboxylic acids is 1. The Bertz CT molecular complexity index is 942. The Morgan fingerprint density at radius 2 is 1.78 bits per heavy atom. The molecule has 2 aromatic carbocycles. The molecule has 0 saturated carbocycles. The zero-order valence-corrected chi connectivity index (χ0v) is 16.6. The molecular formula is C23H26N2O2. The molecule has 2 aliphatic rings. The monoisotopic (exact) mass is 362 g/mol. The van der Waals surface area contributed by atoms with Crippen LogP contribution >= 0.6 is 0 Å². The zero-order chi connectivity index (χ0) is 19.3. The molecular weight excluding hydrogens is 336 g/mol. The summed E-state index contributed by atoms with van der Waals surface area (Å²) in [5.41, 5.74) is 5.98. The smallest absolute Gasteiger partial charge is 0.255 e. The highest BCUT2D eigenvalue weighted by atomic mass is 16.5. The number of aryl methyl sites for hydroxylation is 1. The topological polar surface area (TPSA) is 41.6 Å². The van der Waals surface area contributed by atoms with Crippen LogP contribution in [0, 0.1) is 6.92 Å². The van der Waals surface area contributed by atoms with E-state index >= 15 is 0 Å². The molecule has 0 spiro atoms. The molecule has 0 aliphatic carbocycles. The van der Waals surface area contributed by atoms with Crippen molar-refractivity contribution in [3.8, 4) is 5.75 Å². The molecule has 27 heavy (non-hydrogen) atoms. The van der Waals surface area contributed by atoms with E-state index in [1.54, 1.807) is 0 Å². The summed E-state index contributed by atoms with van der Waals surface area (Å²) in [5.74, 6) is 0.683. The molecule has 0 bridgehead atoms. The standard InChI is InChI=1S/C23H26N2O2/c1-6-27-17-11-18-15(3)13-23(4,5)25-20(18)19(12-17)22(26)24-21(25)16-9-7-14(2)8-10-16/h7-13,21H,6H2,1-5H3,(H,24,26). The van der Waals surface area contributed by atoms with E-state index in [4.69, 9.17) is 4.74 Å². The van der Waals surface area contributed by atoms with E-state index in [1.165, 1.54) is 11.1 Å². The van der Waals surface area contributed by atoms with Gasteiger partial charge in [-0.15, -0.1) is 0 Å². The van der Waals surface area contributed by atoms with Gasteiger partial charge in [0, 0.05) is 5.56 Å². The first-order chi connectivity index (χ1) is 12.8. The molecule has 2 aliphatic heterocycles.